The molecule has 4 aliphatic heterocycles. The van der Waals surface area contributed by atoms with Crippen molar-refractivity contribution in [1.82, 2.24) is 5.32 Å². The fourth-order valence-corrected chi connectivity index (χ4v) is 6.61. The van der Waals surface area contributed by atoms with Gasteiger partial charge in [0.25, 0.3) is 5.91 Å². The van der Waals surface area contributed by atoms with Crippen LogP contribution >= 0.6 is 0 Å². The predicted molar refractivity (Wildman–Crippen MR) is 199 cm³/mol. The number of carbonyl (C=O) groups excluding carboxylic acids is 3. The molecule has 3 N–H and O–H groups in total. The van der Waals surface area contributed by atoms with Crippen molar-refractivity contribution < 1.29 is 79.2 Å². The summed E-state index contributed by atoms with van der Waals surface area (Å²) in [5.74, 6) is -5.02. The molecule has 1 aromatic rings. The van der Waals surface area contributed by atoms with E-state index in [1.54, 1.807) is 39.8 Å². The molecule has 330 valence electrons. The van der Waals surface area contributed by atoms with Crippen molar-refractivity contribution in [3.05, 3.63) is 28.8 Å². The van der Waals surface area contributed by atoms with E-state index in [1.807, 2.05) is 0 Å². The van der Waals surface area contributed by atoms with Gasteiger partial charge in [0.15, 0.2) is 0 Å². The van der Waals surface area contributed by atoms with E-state index in [-0.39, 0.29) is 83.1 Å². The molecule has 4 fully saturated rings. The van der Waals surface area contributed by atoms with Gasteiger partial charge in [-0.1, -0.05) is 19.9 Å². The van der Waals surface area contributed by atoms with Crippen LogP contribution in [0.2, 0.25) is 0 Å². The van der Waals surface area contributed by atoms with E-state index < -0.39 is 61.5 Å². The number of ether oxygens (including phenoxy) is 5. The van der Waals surface area contributed by atoms with Gasteiger partial charge in [-0.15, -0.1) is 0 Å². The lowest BCUT2D eigenvalue weighted by atomic mass is 9.75. The van der Waals surface area contributed by atoms with E-state index in [0.717, 1.165) is 18.8 Å². The Morgan fingerprint density at radius 3 is 2.00 bits per heavy atom. The minimum Gasteiger partial charge on any atom is -0.466 e. The number of esters is 2. The van der Waals surface area contributed by atoms with Crippen molar-refractivity contribution in [1.29, 1.82) is 0 Å². The van der Waals surface area contributed by atoms with Crippen molar-refractivity contribution in [3.63, 3.8) is 0 Å². The number of aliphatic hydroxyl groups is 1. The molecule has 58 heavy (non-hydrogen) atoms. The first kappa shape index (κ1) is 49.4. The van der Waals surface area contributed by atoms with Gasteiger partial charge in [0.05, 0.1) is 39.0 Å². The first-order chi connectivity index (χ1) is 27.3. The summed E-state index contributed by atoms with van der Waals surface area (Å²) in [7, 11) is -1.07. The third-order valence-electron chi connectivity index (χ3n) is 10.4. The zero-order valence-corrected chi connectivity index (χ0v) is 33.7. The normalized spacial score (nSPS) is 23.7. The number of carbonyl (C=O) groups is 3. The average molecular weight is 842 g/mol. The minimum absolute atomic E-state index is 0.0243. The van der Waals surface area contributed by atoms with Gasteiger partial charge in [0, 0.05) is 57.0 Å². The molecule has 4 heterocycles. The Hall–Kier alpha value is -2.97. The highest BCUT2D eigenvalue weighted by atomic mass is 19.3. The second-order valence-electron chi connectivity index (χ2n) is 15.4. The van der Waals surface area contributed by atoms with Crippen molar-refractivity contribution in [2.75, 3.05) is 46.2 Å². The van der Waals surface area contributed by atoms with Gasteiger partial charge in [0.1, 0.15) is 6.04 Å². The number of hydrogen-bond acceptors (Lipinski definition) is 11. The standard InChI is InChI=1S/C21H28BF2NO5.C8H12F2O3.C6H10F2O2.C4H8O/c1-12(2)18(20(27)29-10-14-6-8-21(23,24)9-7-14)25-19(26)16-5-4-15-11-30-22(28)17(15)13(16)3;1-2-12-7(11)6-3-4-8(9,10)13-5-6;7-6(8)2-1-5(3-9)4-10-6;1-2-4-5-3-1/h4-5,12,14,18,28H,6-11H2,1-3H3,(H,25,26);6H,2-5H2,1H3;5,9H,1-4H2;1-4H2/t18-;;;/m0.../s1. The molecule has 1 saturated carbocycles. The Kier molecular flexibility index (Phi) is 19.7. The van der Waals surface area contributed by atoms with E-state index >= 15 is 0 Å². The van der Waals surface area contributed by atoms with Crippen molar-refractivity contribution in [3.8, 4) is 0 Å². The lowest BCUT2D eigenvalue weighted by molar-refractivity contribution is -0.269. The number of halogens is 6. The number of benzene rings is 1. The quantitative estimate of drug-likeness (QED) is 0.159. The lowest BCUT2D eigenvalue weighted by Gasteiger charge is -2.28. The third kappa shape index (κ3) is 16.2. The molecule has 1 amide bonds. The van der Waals surface area contributed by atoms with Crippen LogP contribution < -0.4 is 10.8 Å². The predicted octanol–water partition coefficient (Wildman–Crippen LogP) is 5.70. The molecule has 19 heteroatoms. The molecule has 1 aromatic carbocycles. The van der Waals surface area contributed by atoms with E-state index in [2.05, 4.69) is 19.5 Å². The van der Waals surface area contributed by atoms with Crippen LogP contribution in [0.5, 0.6) is 0 Å². The Bertz CT molecular complexity index is 1430. The number of alkyl halides is 6. The van der Waals surface area contributed by atoms with E-state index in [9.17, 15) is 45.8 Å². The summed E-state index contributed by atoms with van der Waals surface area (Å²) in [6.07, 6.45) is -3.40. The van der Waals surface area contributed by atoms with Gasteiger partial charge in [-0.05, 0) is 86.9 Å². The lowest BCUT2D eigenvalue weighted by Crippen LogP contribution is -2.46. The Labute approximate surface area is 336 Å². The molecule has 3 saturated heterocycles. The molecule has 1 aliphatic carbocycles. The number of hydrogen-bond donors (Lipinski definition) is 3. The number of rotatable bonds is 9. The first-order valence-electron chi connectivity index (χ1n) is 19.9. The Morgan fingerprint density at radius 1 is 0.897 bits per heavy atom. The Balaban J connectivity index is 0.000000260. The highest BCUT2D eigenvalue weighted by molar-refractivity contribution is 6.62. The van der Waals surface area contributed by atoms with Crippen LogP contribution in [0, 0.1) is 30.6 Å². The number of fused-ring (bicyclic) bond motifs is 1. The van der Waals surface area contributed by atoms with Gasteiger partial charge >= 0.3 is 31.3 Å². The smallest absolute Gasteiger partial charge is 0.466 e. The zero-order chi connectivity index (χ0) is 43.1. The van der Waals surface area contributed by atoms with Crippen molar-refractivity contribution >= 4 is 30.4 Å². The molecule has 12 nitrogen and oxygen atoms in total. The SMILES string of the molecule is C1CCOC1.CCOC(=O)C1CCC(F)(F)OC1.Cc1c(C(=O)N[C@H](C(=O)OCC2CCC(F)(F)CC2)C(C)C)ccc2c1B(O)OC2.OCC1CCC(F)(F)OC1. The second-order valence-corrected chi connectivity index (χ2v) is 15.4. The van der Waals surface area contributed by atoms with Gasteiger partial charge in [-0.2, -0.15) is 17.6 Å². The monoisotopic (exact) mass is 841 g/mol. The maximum absolute atomic E-state index is 13.3. The summed E-state index contributed by atoms with van der Waals surface area (Å²) >= 11 is 0. The molecule has 5 aliphatic rings. The largest absolute Gasteiger partial charge is 0.492 e. The summed E-state index contributed by atoms with van der Waals surface area (Å²) in [4.78, 5) is 36.5. The van der Waals surface area contributed by atoms with Crippen LogP contribution in [0.1, 0.15) is 106 Å². The molecular formula is C39H58BF6NO11. The van der Waals surface area contributed by atoms with E-state index in [0.29, 0.717) is 35.9 Å². The third-order valence-corrected chi connectivity index (χ3v) is 10.4. The first-order valence-corrected chi connectivity index (χ1v) is 19.9. The zero-order valence-electron chi connectivity index (χ0n) is 33.7. The molecule has 0 bridgehead atoms. The summed E-state index contributed by atoms with van der Waals surface area (Å²) in [6.45, 7) is 9.30. The minimum atomic E-state index is -3.07. The van der Waals surface area contributed by atoms with E-state index in [4.69, 9.17) is 19.2 Å². The fourth-order valence-electron chi connectivity index (χ4n) is 6.61. The molecule has 0 spiro atoms. The van der Waals surface area contributed by atoms with Gasteiger partial charge in [0.2, 0.25) is 5.92 Å². The fraction of sp³-hybridized carbons (Fsp3) is 0.769. The van der Waals surface area contributed by atoms with Crippen LogP contribution in [0.25, 0.3) is 0 Å². The molecular weight excluding hydrogens is 783 g/mol. The van der Waals surface area contributed by atoms with Crippen LogP contribution in [-0.2, 0) is 44.5 Å². The Morgan fingerprint density at radius 2 is 1.50 bits per heavy atom. The topological polar surface area (TPSA) is 159 Å². The van der Waals surface area contributed by atoms with Crippen LogP contribution in [-0.4, -0.2) is 106 Å². The highest BCUT2D eigenvalue weighted by Crippen LogP contribution is 2.36. The number of amides is 1. The van der Waals surface area contributed by atoms with Gasteiger partial charge in [-0.3, -0.25) is 9.59 Å². The molecule has 0 aromatic heterocycles. The summed E-state index contributed by atoms with van der Waals surface area (Å²) in [5.41, 5.74) is 2.37. The molecule has 6 rings (SSSR count). The van der Waals surface area contributed by atoms with Crippen LogP contribution in [0.4, 0.5) is 26.3 Å². The van der Waals surface area contributed by atoms with Gasteiger partial charge in [-0.25, -0.2) is 13.6 Å². The van der Waals surface area contributed by atoms with Gasteiger partial charge < -0.3 is 43.8 Å². The van der Waals surface area contributed by atoms with Crippen LogP contribution in [0.15, 0.2) is 12.1 Å². The summed E-state index contributed by atoms with van der Waals surface area (Å²) in [6, 6.07) is 2.52. The highest BCUT2D eigenvalue weighted by Gasteiger charge is 2.40. The van der Waals surface area contributed by atoms with Crippen LogP contribution in [0.3, 0.4) is 0 Å². The number of aliphatic hydroxyl groups excluding tert-OH is 1. The molecule has 2 unspecified atom stereocenters. The molecule has 0 radical (unpaired) electrons. The summed E-state index contributed by atoms with van der Waals surface area (Å²) in [5, 5.41) is 21.2. The second kappa shape index (κ2) is 23.1. The maximum Gasteiger partial charge on any atom is 0.492 e. The van der Waals surface area contributed by atoms with E-state index in [1.165, 1.54) is 12.8 Å². The average Bonchev–Trinajstić information content (AvgIpc) is 3.88. The van der Waals surface area contributed by atoms with Crippen molar-refractivity contribution in [2.45, 2.75) is 123 Å². The van der Waals surface area contributed by atoms with Crippen molar-refractivity contribution in [2.24, 2.45) is 23.7 Å². The summed E-state index contributed by atoms with van der Waals surface area (Å²) < 4.78 is 104. The number of nitrogens with one attached hydrogen (secondary N) is 1. The molecule has 3 atom stereocenters. The maximum atomic E-state index is 13.3.